The van der Waals surface area contributed by atoms with Crippen LogP contribution in [0.15, 0.2) is 30.6 Å². The highest BCUT2D eigenvalue weighted by molar-refractivity contribution is 14.1. The van der Waals surface area contributed by atoms with Crippen molar-refractivity contribution in [3.8, 4) is 0 Å². The molecule has 6 heteroatoms. The zero-order chi connectivity index (χ0) is 13.7. The third kappa shape index (κ3) is 1.71. The van der Waals surface area contributed by atoms with E-state index in [0.29, 0.717) is 17.5 Å². The number of nitrogens with zero attached hydrogens (tertiary/aromatic N) is 4. The largest absolute Gasteiger partial charge is 0.383 e. The lowest BCUT2D eigenvalue weighted by molar-refractivity contribution is 0.469. The number of benzene rings is 1. The third-order valence-electron chi connectivity index (χ3n) is 3.84. The molecule has 2 N–H and O–H groups in total. The fourth-order valence-electron chi connectivity index (χ4n) is 2.87. The number of fused-ring (bicyclic) bond motifs is 2. The molecule has 0 atom stereocenters. The highest BCUT2D eigenvalue weighted by Gasteiger charge is 2.26. The van der Waals surface area contributed by atoms with E-state index in [0.717, 1.165) is 21.9 Å². The van der Waals surface area contributed by atoms with Crippen molar-refractivity contribution in [1.29, 1.82) is 0 Å². The average Bonchev–Trinajstić information content (AvgIpc) is 3.00. The maximum absolute atomic E-state index is 5.94. The van der Waals surface area contributed by atoms with E-state index < -0.39 is 0 Å². The topological polar surface area (TPSA) is 69.6 Å². The van der Waals surface area contributed by atoms with Crippen molar-refractivity contribution >= 4 is 39.4 Å². The molecule has 2 heterocycles. The minimum atomic E-state index is 0.341. The van der Waals surface area contributed by atoms with E-state index in [2.05, 4.69) is 66.6 Å². The van der Waals surface area contributed by atoms with Gasteiger partial charge in [0.2, 0.25) is 0 Å². The molecule has 0 amide bonds. The first-order chi connectivity index (χ1) is 9.74. The number of halogens is 1. The molecule has 0 fully saturated rings. The van der Waals surface area contributed by atoms with E-state index in [4.69, 9.17) is 5.73 Å². The molecule has 0 saturated heterocycles. The first-order valence-corrected chi connectivity index (χ1v) is 7.53. The Morgan fingerprint density at radius 3 is 2.50 bits per heavy atom. The summed E-state index contributed by atoms with van der Waals surface area (Å²) in [5.74, 6) is 0.501. The molecule has 100 valence electrons. The van der Waals surface area contributed by atoms with Gasteiger partial charge < -0.3 is 5.73 Å². The number of nitrogen functional groups attached to an aromatic ring is 1. The predicted molar refractivity (Wildman–Crippen MR) is 85.3 cm³/mol. The lowest BCUT2D eigenvalue weighted by Crippen LogP contribution is -2.12. The van der Waals surface area contributed by atoms with E-state index >= 15 is 0 Å². The molecule has 4 rings (SSSR count). The van der Waals surface area contributed by atoms with Gasteiger partial charge in [-0.15, -0.1) is 0 Å². The van der Waals surface area contributed by atoms with Gasteiger partial charge in [0.15, 0.2) is 5.65 Å². The first-order valence-electron chi connectivity index (χ1n) is 6.45. The highest BCUT2D eigenvalue weighted by Crippen LogP contribution is 2.33. The van der Waals surface area contributed by atoms with E-state index in [1.165, 1.54) is 17.5 Å². The summed E-state index contributed by atoms with van der Waals surface area (Å²) >= 11 is 2.29. The van der Waals surface area contributed by atoms with Crippen molar-refractivity contribution in [2.75, 3.05) is 5.73 Å². The fraction of sp³-hybridized carbons (Fsp3) is 0.214. The van der Waals surface area contributed by atoms with Crippen molar-refractivity contribution < 1.29 is 0 Å². The Kier molecular flexibility index (Phi) is 2.66. The van der Waals surface area contributed by atoms with E-state index in [-0.39, 0.29) is 0 Å². The number of aromatic nitrogens is 4. The Balaban J connectivity index is 1.81. The summed E-state index contributed by atoms with van der Waals surface area (Å²) in [5, 5.41) is 5.48. The van der Waals surface area contributed by atoms with Crippen LogP contribution in [0, 0.1) is 3.70 Å². The molecule has 1 aromatic carbocycles. The molecule has 3 aromatic rings. The van der Waals surface area contributed by atoms with Gasteiger partial charge in [-0.1, -0.05) is 24.3 Å². The minimum Gasteiger partial charge on any atom is -0.383 e. The second-order valence-corrected chi connectivity index (χ2v) is 6.05. The summed E-state index contributed by atoms with van der Waals surface area (Å²) in [6.07, 6.45) is 3.48. The van der Waals surface area contributed by atoms with Gasteiger partial charge in [-0.2, -0.15) is 5.10 Å². The monoisotopic (exact) mass is 377 g/mol. The zero-order valence-electron chi connectivity index (χ0n) is 10.6. The van der Waals surface area contributed by atoms with Crippen LogP contribution in [0.3, 0.4) is 0 Å². The molecule has 1 aliphatic carbocycles. The van der Waals surface area contributed by atoms with Crippen molar-refractivity contribution in [2.45, 2.75) is 18.9 Å². The molecule has 0 radical (unpaired) electrons. The smallest absolute Gasteiger partial charge is 0.187 e. The molecule has 0 saturated carbocycles. The Labute approximate surface area is 129 Å². The molecule has 0 bridgehead atoms. The Morgan fingerprint density at radius 1 is 1.15 bits per heavy atom. The molecular weight excluding hydrogens is 365 g/mol. The summed E-state index contributed by atoms with van der Waals surface area (Å²) in [5.41, 5.74) is 9.44. The van der Waals surface area contributed by atoms with Crippen LogP contribution in [0.2, 0.25) is 0 Å². The first kappa shape index (κ1) is 12.1. The second-order valence-electron chi connectivity index (χ2n) is 5.02. The summed E-state index contributed by atoms with van der Waals surface area (Å²) < 4.78 is 3.07. The molecule has 2 aromatic heterocycles. The van der Waals surface area contributed by atoms with Gasteiger partial charge >= 0.3 is 0 Å². The summed E-state index contributed by atoms with van der Waals surface area (Å²) in [6.45, 7) is 0. The lowest BCUT2D eigenvalue weighted by Gasteiger charge is -2.10. The SMILES string of the molecule is Nc1ncnc2nn(C3Cc4ccccc4C3)c(I)c12. The molecule has 0 spiro atoms. The minimum absolute atomic E-state index is 0.341. The van der Waals surface area contributed by atoms with Crippen LogP contribution >= 0.6 is 22.6 Å². The van der Waals surface area contributed by atoms with Gasteiger partial charge in [-0.05, 0) is 46.6 Å². The number of rotatable bonds is 1. The zero-order valence-corrected chi connectivity index (χ0v) is 12.8. The summed E-state index contributed by atoms with van der Waals surface area (Å²) in [4.78, 5) is 8.27. The van der Waals surface area contributed by atoms with Crippen LogP contribution in [-0.4, -0.2) is 19.7 Å². The fourth-order valence-corrected chi connectivity index (χ4v) is 3.89. The third-order valence-corrected chi connectivity index (χ3v) is 4.88. The van der Waals surface area contributed by atoms with Crippen molar-refractivity contribution in [3.63, 3.8) is 0 Å². The van der Waals surface area contributed by atoms with Gasteiger partial charge in [0.05, 0.1) is 11.4 Å². The Bertz CT molecular complexity index is 785. The van der Waals surface area contributed by atoms with Crippen molar-refractivity contribution in [2.24, 2.45) is 0 Å². The molecule has 5 nitrogen and oxygen atoms in total. The van der Waals surface area contributed by atoms with Gasteiger partial charge in [-0.3, -0.25) is 4.68 Å². The van der Waals surface area contributed by atoms with Crippen molar-refractivity contribution in [3.05, 3.63) is 45.4 Å². The number of hydrogen-bond acceptors (Lipinski definition) is 4. The predicted octanol–water partition coefficient (Wildman–Crippen LogP) is 2.35. The maximum atomic E-state index is 5.94. The Hall–Kier alpha value is -1.70. The van der Waals surface area contributed by atoms with E-state index in [9.17, 15) is 0 Å². The van der Waals surface area contributed by atoms with Gasteiger partial charge in [0.25, 0.3) is 0 Å². The summed E-state index contributed by atoms with van der Waals surface area (Å²) in [7, 11) is 0. The standard InChI is InChI=1S/C14H12IN5/c15-12-11-13(16)17-7-18-14(11)19-20(12)10-5-8-3-1-2-4-9(8)6-10/h1-4,7,10H,5-6H2,(H2,16,17,18,19). The van der Waals surface area contributed by atoms with Crippen LogP contribution in [0.5, 0.6) is 0 Å². The van der Waals surface area contributed by atoms with Crippen LogP contribution < -0.4 is 5.73 Å². The second kappa shape index (κ2) is 4.41. The molecule has 1 aliphatic rings. The summed E-state index contributed by atoms with van der Waals surface area (Å²) in [6, 6.07) is 8.91. The highest BCUT2D eigenvalue weighted by atomic mass is 127. The number of nitrogens with two attached hydrogens (primary N) is 1. The number of anilines is 1. The van der Waals surface area contributed by atoms with Gasteiger partial charge in [0, 0.05) is 0 Å². The number of hydrogen-bond donors (Lipinski definition) is 1. The normalized spacial score (nSPS) is 14.8. The maximum Gasteiger partial charge on any atom is 0.187 e. The molecule has 0 aliphatic heterocycles. The average molecular weight is 377 g/mol. The Morgan fingerprint density at radius 2 is 1.85 bits per heavy atom. The van der Waals surface area contributed by atoms with Crippen LogP contribution in [0.1, 0.15) is 17.2 Å². The molecule has 20 heavy (non-hydrogen) atoms. The van der Waals surface area contributed by atoms with Crippen LogP contribution in [0.4, 0.5) is 5.82 Å². The van der Waals surface area contributed by atoms with Crippen molar-refractivity contribution in [1.82, 2.24) is 19.7 Å². The van der Waals surface area contributed by atoms with Gasteiger partial charge in [0.1, 0.15) is 15.8 Å². The van der Waals surface area contributed by atoms with Crippen LogP contribution in [-0.2, 0) is 12.8 Å². The quantitative estimate of drug-likeness (QED) is 0.661. The van der Waals surface area contributed by atoms with E-state index in [1.54, 1.807) is 0 Å². The van der Waals surface area contributed by atoms with Crippen LogP contribution in [0.25, 0.3) is 11.0 Å². The lowest BCUT2D eigenvalue weighted by atomic mass is 10.1. The molecule has 0 unspecified atom stereocenters. The molecular formula is C14H12IN5. The van der Waals surface area contributed by atoms with Gasteiger partial charge in [-0.25, -0.2) is 9.97 Å². The van der Waals surface area contributed by atoms with E-state index in [1.807, 2.05) is 0 Å².